The predicted molar refractivity (Wildman–Crippen MR) is 37.3 cm³/mol. The molecule has 0 aromatic rings. The van der Waals surface area contributed by atoms with Gasteiger partial charge in [-0.15, -0.1) is 6.58 Å². The fourth-order valence-corrected chi connectivity index (χ4v) is 0.439. The molecule has 0 aromatic carbocycles. The van der Waals surface area contributed by atoms with Crippen LogP contribution in [0.2, 0.25) is 0 Å². The van der Waals surface area contributed by atoms with Gasteiger partial charge in [-0.2, -0.15) is 5.26 Å². The van der Waals surface area contributed by atoms with Crippen molar-refractivity contribution in [2.45, 2.75) is 13.3 Å². The highest BCUT2D eigenvalue weighted by Crippen LogP contribution is 2.02. The zero-order valence-electron chi connectivity index (χ0n) is 5.52. The van der Waals surface area contributed by atoms with E-state index in [2.05, 4.69) is 6.58 Å². The molecule has 9 heavy (non-hydrogen) atoms. The van der Waals surface area contributed by atoms with Crippen molar-refractivity contribution in [1.82, 2.24) is 0 Å². The van der Waals surface area contributed by atoms with Gasteiger partial charge >= 0.3 is 0 Å². The van der Waals surface area contributed by atoms with E-state index in [9.17, 15) is 0 Å². The fraction of sp³-hybridized carbons (Fsp3) is 0.286. The summed E-state index contributed by atoms with van der Waals surface area (Å²) in [6.45, 7) is 5.20. The van der Waals surface area contributed by atoms with Crippen LogP contribution < -0.4 is 5.73 Å². The number of nitrogens with two attached hydrogens (primary N) is 1. The Bertz CT molecular complexity index is 168. The largest absolute Gasteiger partial charge is 0.401 e. The zero-order valence-corrected chi connectivity index (χ0v) is 5.52. The minimum Gasteiger partial charge on any atom is -0.401 e. The lowest BCUT2D eigenvalue weighted by atomic mass is 10.2. The van der Waals surface area contributed by atoms with Crippen LogP contribution in [0.25, 0.3) is 0 Å². The summed E-state index contributed by atoms with van der Waals surface area (Å²) in [4.78, 5) is 0. The molecule has 0 bridgehead atoms. The number of rotatable bonds is 2. The van der Waals surface area contributed by atoms with Crippen molar-refractivity contribution in [3.63, 3.8) is 0 Å². The predicted octanol–water partition coefficient (Wildman–Crippen LogP) is 1.32. The Morgan fingerprint density at radius 2 is 2.44 bits per heavy atom. The van der Waals surface area contributed by atoms with Gasteiger partial charge < -0.3 is 5.73 Å². The lowest BCUT2D eigenvalue weighted by Crippen LogP contribution is -1.95. The molecule has 0 aromatic heterocycles. The Morgan fingerprint density at radius 1 is 1.89 bits per heavy atom. The highest BCUT2D eigenvalue weighted by molar-refractivity contribution is 5.26. The van der Waals surface area contributed by atoms with Crippen LogP contribution in [0.15, 0.2) is 23.9 Å². The minimum absolute atomic E-state index is 0.568. The summed E-state index contributed by atoms with van der Waals surface area (Å²) in [6, 6.07) is 1.99. The molecular formula is C7H10N2. The summed E-state index contributed by atoms with van der Waals surface area (Å²) in [6.07, 6.45) is 2.23. The van der Waals surface area contributed by atoms with Gasteiger partial charge in [0.15, 0.2) is 0 Å². The van der Waals surface area contributed by atoms with Crippen LogP contribution in [-0.2, 0) is 0 Å². The van der Waals surface area contributed by atoms with Gasteiger partial charge in [0.05, 0.1) is 11.6 Å². The number of nitriles is 1. The van der Waals surface area contributed by atoms with Crippen LogP contribution in [0.5, 0.6) is 0 Å². The van der Waals surface area contributed by atoms with Crippen LogP contribution >= 0.6 is 0 Å². The molecule has 0 aliphatic carbocycles. The standard InChI is InChI=1S/C7H10N2/c1-3-4-7(5-8)6(2)9/h3H,1,4,9H2,2H3/b7-6-. The summed E-state index contributed by atoms with van der Waals surface area (Å²) in [5.41, 5.74) is 6.53. The molecular weight excluding hydrogens is 112 g/mol. The average molecular weight is 122 g/mol. The summed E-state index contributed by atoms with van der Waals surface area (Å²) in [7, 11) is 0. The molecule has 0 rings (SSSR count). The van der Waals surface area contributed by atoms with Crippen molar-refractivity contribution in [1.29, 1.82) is 5.26 Å². The van der Waals surface area contributed by atoms with Gasteiger partial charge in [0.1, 0.15) is 0 Å². The third-order valence-electron chi connectivity index (χ3n) is 0.959. The van der Waals surface area contributed by atoms with E-state index >= 15 is 0 Å². The normalized spacial score (nSPS) is 11.6. The number of allylic oxidation sites excluding steroid dienone is 3. The van der Waals surface area contributed by atoms with Crippen molar-refractivity contribution in [3.05, 3.63) is 23.9 Å². The molecule has 0 amide bonds. The quantitative estimate of drug-likeness (QED) is 0.443. The molecule has 0 aliphatic heterocycles. The fourth-order valence-electron chi connectivity index (χ4n) is 0.439. The van der Waals surface area contributed by atoms with E-state index in [4.69, 9.17) is 11.0 Å². The second kappa shape index (κ2) is 3.73. The molecule has 0 spiro atoms. The summed E-state index contributed by atoms with van der Waals surface area (Å²) in [5, 5.41) is 8.39. The minimum atomic E-state index is 0.568. The number of nitrogens with zero attached hydrogens (tertiary/aromatic N) is 1. The maximum Gasteiger partial charge on any atom is 0.0968 e. The van der Waals surface area contributed by atoms with Crippen molar-refractivity contribution < 1.29 is 0 Å². The number of hydrogen-bond acceptors (Lipinski definition) is 2. The van der Waals surface area contributed by atoms with E-state index in [0.717, 1.165) is 0 Å². The third kappa shape index (κ3) is 2.55. The molecule has 0 saturated carbocycles. The van der Waals surface area contributed by atoms with Gasteiger partial charge in [-0.1, -0.05) is 6.08 Å². The van der Waals surface area contributed by atoms with E-state index in [1.54, 1.807) is 13.0 Å². The van der Waals surface area contributed by atoms with Crippen molar-refractivity contribution in [3.8, 4) is 6.07 Å². The Morgan fingerprint density at radius 3 is 2.56 bits per heavy atom. The van der Waals surface area contributed by atoms with E-state index in [1.807, 2.05) is 6.07 Å². The molecule has 2 nitrogen and oxygen atoms in total. The third-order valence-corrected chi connectivity index (χ3v) is 0.959. The topological polar surface area (TPSA) is 49.8 Å². The summed E-state index contributed by atoms with van der Waals surface area (Å²) >= 11 is 0. The van der Waals surface area contributed by atoms with Gasteiger partial charge in [-0.3, -0.25) is 0 Å². The molecule has 0 saturated heterocycles. The van der Waals surface area contributed by atoms with Crippen LogP contribution in [-0.4, -0.2) is 0 Å². The lowest BCUT2D eigenvalue weighted by molar-refractivity contribution is 1.17. The average Bonchev–Trinajstić information content (AvgIpc) is 1.82. The molecule has 2 heteroatoms. The Kier molecular flexibility index (Phi) is 3.22. The van der Waals surface area contributed by atoms with Crippen LogP contribution in [0.4, 0.5) is 0 Å². The second-order valence-electron chi connectivity index (χ2n) is 1.77. The highest BCUT2D eigenvalue weighted by Gasteiger charge is 1.92. The first-order valence-corrected chi connectivity index (χ1v) is 2.68. The van der Waals surface area contributed by atoms with Crippen LogP contribution in [0.3, 0.4) is 0 Å². The summed E-state index contributed by atoms with van der Waals surface area (Å²) < 4.78 is 0. The second-order valence-corrected chi connectivity index (χ2v) is 1.77. The SMILES string of the molecule is C=CC/C(C#N)=C(\C)N. The monoisotopic (exact) mass is 122 g/mol. The van der Waals surface area contributed by atoms with Gasteiger partial charge in [0, 0.05) is 12.1 Å². The first-order valence-electron chi connectivity index (χ1n) is 2.68. The van der Waals surface area contributed by atoms with E-state index in [-0.39, 0.29) is 0 Å². The first-order chi connectivity index (χ1) is 4.22. The van der Waals surface area contributed by atoms with Crippen molar-refractivity contribution in [2.75, 3.05) is 0 Å². The molecule has 0 aliphatic rings. The van der Waals surface area contributed by atoms with E-state index < -0.39 is 0 Å². The Hall–Kier alpha value is -1.23. The number of hydrogen-bond donors (Lipinski definition) is 1. The zero-order chi connectivity index (χ0) is 7.28. The highest BCUT2D eigenvalue weighted by atomic mass is 14.6. The van der Waals surface area contributed by atoms with Gasteiger partial charge in [-0.05, 0) is 6.92 Å². The van der Waals surface area contributed by atoms with Crippen LogP contribution in [0.1, 0.15) is 13.3 Å². The van der Waals surface area contributed by atoms with Gasteiger partial charge in [0.2, 0.25) is 0 Å². The van der Waals surface area contributed by atoms with Crippen molar-refractivity contribution >= 4 is 0 Å². The van der Waals surface area contributed by atoms with Gasteiger partial charge in [-0.25, -0.2) is 0 Å². The Labute approximate surface area is 55.3 Å². The van der Waals surface area contributed by atoms with Crippen molar-refractivity contribution in [2.24, 2.45) is 5.73 Å². The molecule has 0 atom stereocenters. The summed E-state index contributed by atoms with van der Waals surface area (Å²) in [5.74, 6) is 0. The Balaban J connectivity index is 4.20. The van der Waals surface area contributed by atoms with E-state index in [1.165, 1.54) is 0 Å². The molecule has 0 heterocycles. The maximum absolute atomic E-state index is 8.39. The molecule has 2 N–H and O–H groups in total. The molecule has 0 unspecified atom stereocenters. The smallest absolute Gasteiger partial charge is 0.0968 e. The van der Waals surface area contributed by atoms with E-state index in [0.29, 0.717) is 17.7 Å². The first kappa shape index (κ1) is 7.77. The molecule has 0 fully saturated rings. The molecule has 0 radical (unpaired) electrons. The van der Waals surface area contributed by atoms with Gasteiger partial charge in [0.25, 0.3) is 0 Å². The maximum atomic E-state index is 8.39. The van der Waals surface area contributed by atoms with Crippen LogP contribution in [0, 0.1) is 11.3 Å². The molecule has 48 valence electrons. The lowest BCUT2D eigenvalue weighted by Gasteiger charge is -1.92.